The van der Waals surface area contributed by atoms with Gasteiger partial charge in [-0.15, -0.1) is 0 Å². The number of ether oxygens (including phenoxy) is 1. The highest BCUT2D eigenvalue weighted by Crippen LogP contribution is 2.27. The highest BCUT2D eigenvalue weighted by Gasteiger charge is 2.27. The molecule has 2 heterocycles. The number of aromatic nitrogens is 2. The van der Waals surface area contributed by atoms with Gasteiger partial charge in [-0.1, -0.05) is 23.7 Å². The van der Waals surface area contributed by atoms with Gasteiger partial charge in [-0.2, -0.15) is 4.98 Å². The van der Waals surface area contributed by atoms with E-state index in [4.69, 9.17) is 16.3 Å². The van der Waals surface area contributed by atoms with Gasteiger partial charge in [0.1, 0.15) is 17.2 Å². The number of nitrogens with zero attached hydrogens (tertiary/aromatic N) is 3. The maximum Gasteiger partial charge on any atom is 0.410 e. The monoisotopic (exact) mass is 471 g/mol. The lowest BCUT2D eigenvalue weighted by Crippen LogP contribution is -2.44. The summed E-state index contributed by atoms with van der Waals surface area (Å²) < 4.78 is 19.0. The summed E-state index contributed by atoms with van der Waals surface area (Å²) in [4.78, 5) is 23.3. The van der Waals surface area contributed by atoms with E-state index in [2.05, 4.69) is 20.6 Å². The topological polar surface area (TPSA) is 79.4 Å². The number of hydrogen-bond acceptors (Lipinski definition) is 6. The van der Waals surface area contributed by atoms with Crippen LogP contribution in [0.4, 0.5) is 26.6 Å². The second-order valence-electron chi connectivity index (χ2n) is 9.05. The molecule has 0 atom stereocenters. The zero-order chi connectivity index (χ0) is 23.6. The predicted molar refractivity (Wildman–Crippen MR) is 129 cm³/mol. The van der Waals surface area contributed by atoms with E-state index in [9.17, 15) is 9.18 Å². The first-order valence-corrected chi connectivity index (χ1v) is 11.3. The number of para-hydroxylation sites is 1. The lowest BCUT2D eigenvalue weighted by Gasteiger charge is -2.34. The molecule has 0 radical (unpaired) electrons. The summed E-state index contributed by atoms with van der Waals surface area (Å²) in [7, 11) is 0. The van der Waals surface area contributed by atoms with E-state index in [0.29, 0.717) is 30.5 Å². The Labute approximate surface area is 197 Å². The fourth-order valence-corrected chi connectivity index (χ4v) is 3.85. The van der Waals surface area contributed by atoms with E-state index in [1.165, 1.54) is 12.1 Å². The number of benzene rings is 2. The normalized spacial score (nSPS) is 14.9. The number of rotatable bonds is 4. The largest absolute Gasteiger partial charge is 0.444 e. The summed E-state index contributed by atoms with van der Waals surface area (Å²) in [5, 5.41) is 7.55. The minimum Gasteiger partial charge on any atom is -0.444 e. The van der Waals surface area contributed by atoms with E-state index < -0.39 is 11.4 Å². The van der Waals surface area contributed by atoms with Crippen molar-refractivity contribution in [2.24, 2.45) is 0 Å². The number of nitrogens with one attached hydrogen (secondary N) is 2. The van der Waals surface area contributed by atoms with Crippen LogP contribution in [-0.4, -0.2) is 45.7 Å². The number of hydrogen-bond donors (Lipinski definition) is 2. The molecule has 0 bridgehead atoms. The molecule has 0 spiro atoms. The third kappa shape index (κ3) is 5.82. The Morgan fingerprint density at radius 1 is 1.15 bits per heavy atom. The number of halogens is 2. The van der Waals surface area contributed by atoms with Gasteiger partial charge in [0.05, 0.1) is 10.5 Å². The lowest BCUT2D eigenvalue weighted by atomic mass is 10.1. The molecule has 9 heteroatoms. The molecule has 4 rings (SSSR count). The number of likely N-dealkylation sites (tertiary alicyclic amines) is 1. The van der Waals surface area contributed by atoms with Crippen LogP contribution in [0.1, 0.15) is 33.6 Å². The van der Waals surface area contributed by atoms with Crippen molar-refractivity contribution in [3.63, 3.8) is 0 Å². The van der Waals surface area contributed by atoms with E-state index in [1.54, 1.807) is 11.0 Å². The van der Waals surface area contributed by atoms with E-state index >= 15 is 0 Å². The summed E-state index contributed by atoms with van der Waals surface area (Å²) in [6, 6.07) is 12.3. The molecule has 7 nitrogen and oxygen atoms in total. The van der Waals surface area contributed by atoms with E-state index in [0.717, 1.165) is 23.7 Å². The highest BCUT2D eigenvalue weighted by molar-refractivity contribution is 6.31. The van der Waals surface area contributed by atoms with E-state index in [1.807, 2.05) is 45.0 Å². The molecule has 1 fully saturated rings. The fraction of sp³-hybridized carbons (Fsp3) is 0.375. The molecular weight excluding hydrogens is 445 g/mol. The lowest BCUT2D eigenvalue weighted by molar-refractivity contribution is 0.0210. The molecule has 174 valence electrons. The Hall–Kier alpha value is -3.13. The Bertz CT molecular complexity index is 1160. The summed E-state index contributed by atoms with van der Waals surface area (Å²) >= 11 is 5.90. The zero-order valence-electron chi connectivity index (χ0n) is 18.9. The fourth-order valence-electron chi connectivity index (χ4n) is 3.67. The predicted octanol–water partition coefficient (Wildman–Crippen LogP) is 5.98. The molecule has 1 amide bonds. The first-order chi connectivity index (χ1) is 15.7. The van der Waals surface area contributed by atoms with Gasteiger partial charge >= 0.3 is 6.09 Å². The summed E-state index contributed by atoms with van der Waals surface area (Å²) in [6.45, 7) is 6.81. The Balaban J connectivity index is 1.49. The molecule has 1 aliphatic heterocycles. The molecule has 33 heavy (non-hydrogen) atoms. The number of amides is 1. The molecule has 3 aromatic rings. The van der Waals surface area contributed by atoms with Gasteiger partial charge in [-0.05, 0) is 63.9 Å². The van der Waals surface area contributed by atoms with Crippen LogP contribution in [-0.2, 0) is 4.74 Å². The summed E-state index contributed by atoms with van der Waals surface area (Å²) in [6.07, 6.45) is 1.26. The van der Waals surface area contributed by atoms with Crippen molar-refractivity contribution in [1.29, 1.82) is 0 Å². The van der Waals surface area contributed by atoms with Crippen LogP contribution in [0.3, 0.4) is 0 Å². The molecule has 2 N–H and O–H groups in total. The molecule has 0 aliphatic carbocycles. The summed E-state index contributed by atoms with van der Waals surface area (Å²) in [5.74, 6) is 0.596. The average molecular weight is 472 g/mol. The summed E-state index contributed by atoms with van der Waals surface area (Å²) in [5.41, 5.74) is 0.856. The average Bonchev–Trinajstić information content (AvgIpc) is 2.76. The first kappa shape index (κ1) is 23.0. The second-order valence-corrected chi connectivity index (χ2v) is 9.46. The highest BCUT2D eigenvalue weighted by atomic mass is 35.5. The van der Waals surface area contributed by atoms with Gasteiger partial charge in [0.15, 0.2) is 0 Å². The standard InChI is InChI=1S/C24H27ClFN5O2/c1-24(2,3)33-23(32)31-12-10-15(11-13-31)27-21-17-6-4-5-7-20(17)29-22(30-21)28-16-8-9-19(26)18(25)14-16/h4-9,14-15H,10-13H2,1-3H3,(H2,27,28,29,30). The van der Waals surface area contributed by atoms with Crippen LogP contribution in [0.25, 0.3) is 10.9 Å². The van der Waals surface area contributed by atoms with Gasteiger partial charge in [-0.25, -0.2) is 14.2 Å². The first-order valence-electron chi connectivity index (χ1n) is 10.9. The van der Waals surface area contributed by atoms with Gasteiger partial charge in [0.25, 0.3) is 0 Å². The third-order valence-electron chi connectivity index (χ3n) is 5.27. The molecule has 0 unspecified atom stereocenters. The minimum atomic E-state index is -0.510. The van der Waals surface area contributed by atoms with Crippen LogP contribution in [0.2, 0.25) is 5.02 Å². The van der Waals surface area contributed by atoms with Gasteiger partial charge < -0.3 is 20.3 Å². The van der Waals surface area contributed by atoms with Crippen molar-refractivity contribution in [2.75, 3.05) is 23.7 Å². The molecule has 0 saturated carbocycles. The number of piperidine rings is 1. The van der Waals surface area contributed by atoms with Gasteiger partial charge in [0, 0.05) is 30.2 Å². The second kappa shape index (κ2) is 9.39. The molecule has 1 saturated heterocycles. The Morgan fingerprint density at radius 2 is 1.88 bits per heavy atom. The maximum absolute atomic E-state index is 13.5. The molecular formula is C24H27ClFN5O2. The van der Waals surface area contributed by atoms with Crippen LogP contribution in [0.15, 0.2) is 42.5 Å². The van der Waals surface area contributed by atoms with Crippen molar-refractivity contribution in [3.05, 3.63) is 53.3 Å². The van der Waals surface area contributed by atoms with Crippen molar-refractivity contribution in [1.82, 2.24) is 14.9 Å². The quantitative estimate of drug-likeness (QED) is 0.487. The van der Waals surface area contributed by atoms with Crippen molar-refractivity contribution >= 4 is 46.1 Å². The van der Waals surface area contributed by atoms with E-state index in [-0.39, 0.29) is 17.2 Å². The maximum atomic E-state index is 13.5. The molecule has 2 aromatic carbocycles. The zero-order valence-corrected chi connectivity index (χ0v) is 19.6. The van der Waals surface area contributed by atoms with Crippen LogP contribution < -0.4 is 10.6 Å². The van der Waals surface area contributed by atoms with Gasteiger partial charge in [0.2, 0.25) is 5.95 Å². The van der Waals surface area contributed by atoms with Gasteiger partial charge in [-0.3, -0.25) is 0 Å². The molecule has 1 aliphatic rings. The Kier molecular flexibility index (Phi) is 6.56. The molecule has 1 aromatic heterocycles. The smallest absolute Gasteiger partial charge is 0.410 e. The van der Waals surface area contributed by atoms with Crippen LogP contribution in [0.5, 0.6) is 0 Å². The number of carbonyl (C=O) groups is 1. The van der Waals surface area contributed by atoms with Crippen molar-refractivity contribution < 1.29 is 13.9 Å². The van der Waals surface area contributed by atoms with Crippen LogP contribution in [0, 0.1) is 5.82 Å². The third-order valence-corrected chi connectivity index (χ3v) is 5.56. The van der Waals surface area contributed by atoms with Crippen molar-refractivity contribution in [2.45, 2.75) is 45.3 Å². The number of carbonyl (C=O) groups excluding carboxylic acids is 1. The SMILES string of the molecule is CC(C)(C)OC(=O)N1CCC(Nc2nc(Nc3ccc(F)c(Cl)c3)nc3ccccc23)CC1. The van der Waals surface area contributed by atoms with Crippen LogP contribution >= 0.6 is 11.6 Å². The van der Waals surface area contributed by atoms with Crippen molar-refractivity contribution in [3.8, 4) is 0 Å². The number of anilines is 3. The number of fused-ring (bicyclic) bond motifs is 1. The Morgan fingerprint density at radius 3 is 2.58 bits per heavy atom. The minimum absolute atomic E-state index is 0.0240.